The van der Waals surface area contributed by atoms with Crippen LogP contribution in [0.5, 0.6) is 11.5 Å². The van der Waals surface area contributed by atoms with Crippen LogP contribution in [0.3, 0.4) is 0 Å². The van der Waals surface area contributed by atoms with Gasteiger partial charge >= 0.3 is 0 Å². The van der Waals surface area contributed by atoms with Crippen molar-refractivity contribution in [1.82, 2.24) is 9.21 Å². The molecule has 0 saturated carbocycles. The molecule has 0 aromatic heterocycles. The highest BCUT2D eigenvalue weighted by atomic mass is 32.2. The molecule has 2 saturated heterocycles. The van der Waals surface area contributed by atoms with E-state index in [9.17, 15) is 8.42 Å². The number of ether oxygens (including phenoxy) is 2. The molecule has 3 aliphatic rings. The van der Waals surface area contributed by atoms with Crippen LogP contribution in [0.15, 0.2) is 23.1 Å². The van der Waals surface area contributed by atoms with E-state index >= 15 is 0 Å². The SMILES string of the molecule is CC1CCN(C2CCN(S(=O)(=O)c3cccc4c3OCO4)CC2)CC1. The largest absolute Gasteiger partial charge is 0.454 e. The van der Waals surface area contributed by atoms with E-state index in [2.05, 4.69) is 11.8 Å². The molecule has 7 heteroatoms. The van der Waals surface area contributed by atoms with Gasteiger partial charge in [0.1, 0.15) is 4.90 Å². The summed E-state index contributed by atoms with van der Waals surface area (Å²) in [5, 5.41) is 0. The van der Waals surface area contributed by atoms with Gasteiger partial charge in [-0.15, -0.1) is 0 Å². The maximum absolute atomic E-state index is 13.0. The van der Waals surface area contributed by atoms with Crippen LogP contribution in [0.4, 0.5) is 0 Å². The molecule has 0 amide bonds. The molecule has 0 aliphatic carbocycles. The predicted octanol–water partition coefficient (Wildman–Crippen LogP) is 2.30. The molecule has 0 unspecified atom stereocenters. The Morgan fingerprint density at radius 3 is 2.44 bits per heavy atom. The average molecular weight is 366 g/mol. The number of piperidine rings is 2. The molecule has 6 nitrogen and oxygen atoms in total. The normalized spacial score (nSPS) is 23.9. The summed E-state index contributed by atoms with van der Waals surface area (Å²) >= 11 is 0. The van der Waals surface area contributed by atoms with Crippen LogP contribution in [0.2, 0.25) is 0 Å². The van der Waals surface area contributed by atoms with E-state index < -0.39 is 10.0 Å². The smallest absolute Gasteiger partial charge is 0.246 e. The summed E-state index contributed by atoms with van der Waals surface area (Å²) in [4.78, 5) is 2.79. The molecule has 3 aliphatic heterocycles. The summed E-state index contributed by atoms with van der Waals surface area (Å²) in [5.74, 6) is 1.69. The number of para-hydroxylation sites is 1. The Hall–Kier alpha value is -1.31. The van der Waals surface area contributed by atoms with E-state index in [1.165, 1.54) is 12.8 Å². The Labute approximate surface area is 149 Å². The van der Waals surface area contributed by atoms with E-state index in [0.717, 1.165) is 31.8 Å². The first-order valence-corrected chi connectivity index (χ1v) is 10.6. The van der Waals surface area contributed by atoms with Gasteiger partial charge < -0.3 is 14.4 Å². The standard InChI is InChI=1S/C18H26N2O4S/c1-14-5-9-19(10-6-14)15-7-11-20(12-8-15)25(21,22)17-4-2-3-16-18(17)24-13-23-16/h2-4,14-15H,5-13H2,1H3. The number of hydrogen-bond acceptors (Lipinski definition) is 5. The summed E-state index contributed by atoms with van der Waals surface area (Å²) in [7, 11) is -3.54. The van der Waals surface area contributed by atoms with Crippen LogP contribution >= 0.6 is 0 Å². The molecular weight excluding hydrogens is 340 g/mol. The van der Waals surface area contributed by atoms with Gasteiger partial charge in [0.05, 0.1) is 0 Å². The first kappa shape index (κ1) is 17.1. The monoisotopic (exact) mass is 366 g/mol. The lowest BCUT2D eigenvalue weighted by atomic mass is 9.95. The van der Waals surface area contributed by atoms with E-state index in [4.69, 9.17) is 9.47 Å². The van der Waals surface area contributed by atoms with Gasteiger partial charge in [0, 0.05) is 19.1 Å². The van der Waals surface area contributed by atoms with Gasteiger partial charge in [0.25, 0.3) is 0 Å². The third kappa shape index (κ3) is 3.25. The van der Waals surface area contributed by atoms with Gasteiger partial charge in [0.15, 0.2) is 11.5 Å². The number of fused-ring (bicyclic) bond motifs is 1. The van der Waals surface area contributed by atoms with E-state index in [0.29, 0.717) is 30.6 Å². The zero-order valence-electron chi connectivity index (χ0n) is 14.7. The number of sulfonamides is 1. The van der Waals surface area contributed by atoms with Crippen LogP contribution in [-0.4, -0.2) is 56.6 Å². The third-order valence-corrected chi connectivity index (χ3v) is 7.66. The van der Waals surface area contributed by atoms with Crippen molar-refractivity contribution >= 4 is 10.0 Å². The first-order chi connectivity index (χ1) is 12.1. The number of hydrogen-bond donors (Lipinski definition) is 0. The summed E-state index contributed by atoms with van der Waals surface area (Å²) in [6, 6.07) is 5.58. The number of likely N-dealkylation sites (tertiary alicyclic amines) is 1. The Morgan fingerprint density at radius 2 is 1.72 bits per heavy atom. The molecule has 1 aromatic carbocycles. The predicted molar refractivity (Wildman–Crippen MR) is 94.3 cm³/mol. The van der Waals surface area contributed by atoms with Crippen LogP contribution < -0.4 is 9.47 Å². The summed E-state index contributed by atoms with van der Waals surface area (Å²) in [6.07, 6.45) is 4.32. The maximum Gasteiger partial charge on any atom is 0.246 e. The van der Waals surface area contributed by atoms with Crippen molar-refractivity contribution in [1.29, 1.82) is 0 Å². The van der Waals surface area contributed by atoms with Gasteiger partial charge in [-0.25, -0.2) is 8.42 Å². The fourth-order valence-electron chi connectivity index (χ4n) is 4.09. The summed E-state index contributed by atoms with van der Waals surface area (Å²) in [6.45, 7) is 5.84. The lowest BCUT2D eigenvalue weighted by Crippen LogP contribution is -2.48. The quantitative estimate of drug-likeness (QED) is 0.822. The molecule has 0 radical (unpaired) electrons. The van der Waals surface area contributed by atoms with Crippen molar-refractivity contribution in [3.05, 3.63) is 18.2 Å². The highest BCUT2D eigenvalue weighted by molar-refractivity contribution is 7.89. The summed E-state index contributed by atoms with van der Waals surface area (Å²) < 4.78 is 38.4. The highest BCUT2D eigenvalue weighted by Gasteiger charge is 2.35. The van der Waals surface area contributed by atoms with Gasteiger partial charge in [-0.1, -0.05) is 13.0 Å². The molecule has 0 spiro atoms. The summed E-state index contributed by atoms with van der Waals surface area (Å²) in [5.41, 5.74) is 0. The minimum atomic E-state index is -3.54. The third-order valence-electron chi connectivity index (χ3n) is 5.74. The second-order valence-electron chi connectivity index (χ2n) is 7.34. The van der Waals surface area contributed by atoms with Gasteiger partial charge in [-0.05, 0) is 56.8 Å². The highest BCUT2D eigenvalue weighted by Crippen LogP contribution is 2.39. The fourth-order valence-corrected chi connectivity index (χ4v) is 5.70. The Balaban J connectivity index is 1.44. The van der Waals surface area contributed by atoms with Crippen LogP contribution in [0.25, 0.3) is 0 Å². The zero-order valence-corrected chi connectivity index (χ0v) is 15.5. The van der Waals surface area contributed by atoms with Crippen LogP contribution in [0, 0.1) is 5.92 Å². The molecular formula is C18H26N2O4S. The fraction of sp³-hybridized carbons (Fsp3) is 0.667. The van der Waals surface area contributed by atoms with Crippen molar-refractivity contribution in [2.24, 2.45) is 5.92 Å². The van der Waals surface area contributed by atoms with Crippen molar-refractivity contribution in [3.8, 4) is 11.5 Å². The lowest BCUT2D eigenvalue weighted by Gasteiger charge is -2.41. The molecule has 138 valence electrons. The second-order valence-corrected chi connectivity index (χ2v) is 9.25. The number of nitrogens with zero attached hydrogens (tertiary/aromatic N) is 2. The second kappa shape index (κ2) is 6.78. The van der Waals surface area contributed by atoms with Crippen molar-refractivity contribution < 1.29 is 17.9 Å². The Bertz CT molecular complexity index is 721. The molecule has 4 rings (SSSR count). The van der Waals surface area contributed by atoms with E-state index in [1.807, 2.05) is 0 Å². The van der Waals surface area contributed by atoms with E-state index in [1.54, 1.807) is 22.5 Å². The van der Waals surface area contributed by atoms with Gasteiger partial charge in [-0.3, -0.25) is 0 Å². The minimum Gasteiger partial charge on any atom is -0.454 e. The van der Waals surface area contributed by atoms with Gasteiger partial charge in [-0.2, -0.15) is 4.31 Å². The lowest BCUT2D eigenvalue weighted by molar-refractivity contribution is 0.101. The van der Waals surface area contributed by atoms with Crippen molar-refractivity contribution in [2.45, 2.75) is 43.5 Å². The Morgan fingerprint density at radius 1 is 1.00 bits per heavy atom. The molecule has 1 aromatic rings. The zero-order chi connectivity index (χ0) is 17.4. The molecule has 3 heterocycles. The Kier molecular flexibility index (Phi) is 4.64. The molecule has 0 bridgehead atoms. The average Bonchev–Trinajstić information content (AvgIpc) is 3.11. The van der Waals surface area contributed by atoms with Gasteiger partial charge in [0.2, 0.25) is 16.8 Å². The molecule has 0 N–H and O–H groups in total. The van der Waals surface area contributed by atoms with Crippen LogP contribution in [0.1, 0.15) is 32.6 Å². The van der Waals surface area contributed by atoms with Crippen LogP contribution in [-0.2, 0) is 10.0 Å². The molecule has 0 atom stereocenters. The molecule has 2 fully saturated rings. The number of rotatable bonds is 3. The number of benzene rings is 1. The van der Waals surface area contributed by atoms with E-state index in [-0.39, 0.29) is 11.7 Å². The van der Waals surface area contributed by atoms with Crippen molar-refractivity contribution in [2.75, 3.05) is 33.0 Å². The first-order valence-electron chi connectivity index (χ1n) is 9.18. The molecule has 25 heavy (non-hydrogen) atoms. The minimum absolute atomic E-state index is 0.0807. The maximum atomic E-state index is 13.0. The topological polar surface area (TPSA) is 59.1 Å². The van der Waals surface area contributed by atoms with Crippen molar-refractivity contribution in [3.63, 3.8) is 0 Å².